The molecule has 0 amide bonds. The van der Waals surface area contributed by atoms with Crippen LogP contribution in [-0.2, 0) is 13.0 Å². The predicted octanol–water partition coefficient (Wildman–Crippen LogP) is 2.84. The zero-order valence-corrected chi connectivity index (χ0v) is 12.2. The van der Waals surface area contributed by atoms with Crippen molar-refractivity contribution < 1.29 is 4.42 Å². The predicted molar refractivity (Wildman–Crippen MR) is 82.1 cm³/mol. The summed E-state index contributed by atoms with van der Waals surface area (Å²) in [5.74, 6) is 1.72. The average Bonchev–Trinajstić information content (AvgIpc) is 2.96. The third-order valence-corrected chi connectivity index (χ3v) is 3.05. The molecule has 0 radical (unpaired) electrons. The third kappa shape index (κ3) is 4.63. The highest BCUT2D eigenvalue weighted by Crippen LogP contribution is 2.10. The summed E-state index contributed by atoms with van der Waals surface area (Å²) in [6.45, 7) is 1.45. The first kappa shape index (κ1) is 14.5. The maximum atomic E-state index is 5.95. The van der Waals surface area contributed by atoms with Crippen molar-refractivity contribution in [3.8, 4) is 0 Å². The minimum absolute atomic E-state index is 0.682. The molecule has 0 unspecified atom stereocenters. The highest BCUT2D eigenvalue weighted by atomic mass is 35.5. The van der Waals surface area contributed by atoms with Crippen molar-refractivity contribution in [2.45, 2.75) is 13.0 Å². The largest absolute Gasteiger partial charge is 0.469 e. The Morgan fingerprint density at radius 2 is 2.15 bits per heavy atom. The molecule has 0 saturated heterocycles. The SMILES string of the molecule is CN=C(NCCc1ccco1)NCc1cccc(Cl)c1. The number of halogens is 1. The van der Waals surface area contributed by atoms with Gasteiger partial charge in [0.05, 0.1) is 6.26 Å². The molecule has 106 valence electrons. The Labute approximate surface area is 123 Å². The molecule has 4 nitrogen and oxygen atoms in total. The second-order valence-electron chi connectivity index (χ2n) is 4.31. The van der Waals surface area contributed by atoms with E-state index in [1.807, 2.05) is 36.4 Å². The number of hydrogen-bond donors (Lipinski definition) is 2. The molecule has 0 aliphatic heterocycles. The topological polar surface area (TPSA) is 49.6 Å². The lowest BCUT2D eigenvalue weighted by molar-refractivity contribution is 0.507. The molecule has 5 heteroatoms. The van der Waals surface area contributed by atoms with Crippen molar-refractivity contribution in [3.63, 3.8) is 0 Å². The molecule has 1 aromatic carbocycles. The molecule has 2 aromatic rings. The van der Waals surface area contributed by atoms with E-state index in [-0.39, 0.29) is 0 Å². The highest BCUT2D eigenvalue weighted by Gasteiger charge is 2.00. The van der Waals surface area contributed by atoms with Crippen molar-refractivity contribution in [2.24, 2.45) is 4.99 Å². The summed E-state index contributed by atoms with van der Waals surface area (Å²) in [5, 5.41) is 7.22. The Balaban J connectivity index is 1.75. The average molecular weight is 292 g/mol. The summed E-state index contributed by atoms with van der Waals surface area (Å²) in [6, 6.07) is 11.6. The van der Waals surface area contributed by atoms with Gasteiger partial charge < -0.3 is 15.1 Å². The standard InChI is InChI=1S/C15H18ClN3O/c1-17-15(18-8-7-14-6-3-9-20-14)19-11-12-4-2-5-13(16)10-12/h2-6,9-10H,7-8,11H2,1H3,(H2,17,18,19). The number of hydrogen-bond acceptors (Lipinski definition) is 2. The summed E-state index contributed by atoms with van der Waals surface area (Å²) in [5.41, 5.74) is 1.12. The van der Waals surface area contributed by atoms with E-state index in [1.165, 1.54) is 0 Å². The van der Waals surface area contributed by atoms with Gasteiger partial charge in [0, 0.05) is 31.6 Å². The first-order valence-electron chi connectivity index (χ1n) is 6.49. The van der Waals surface area contributed by atoms with E-state index < -0.39 is 0 Å². The Hall–Kier alpha value is -1.94. The van der Waals surface area contributed by atoms with Crippen LogP contribution in [-0.4, -0.2) is 19.6 Å². The molecular formula is C15H18ClN3O. The molecule has 1 aromatic heterocycles. The maximum Gasteiger partial charge on any atom is 0.191 e. The number of rotatable bonds is 5. The van der Waals surface area contributed by atoms with Gasteiger partial charge in [0.2, 0.25) is 0 Å². The zero-order valence-electron chi connectivity index (χ0n) is 11.4. The molecule has 2 rings (SSSR count). The number of furan rings is 1. The molecule has 0 atom stereocenters. The van der Waals surface area contributed by atoms with E-state index in [2.05, 4.69) is 15.6 Å². The van der Waals surface area contributed by atoms with Gasteiger partial charge in [-0.1, -0.05) is 23.7 Å². The van der Waals surface area contributed by atoms with Crippen LogP contribution in [0.25, 0.3) is 0 Å². The summed E-state index contributed by atoms with van der Waals surface area (Å²) in [6.07, 6.45) is 2.51. The number of aliphatic imine (C=N–C) groups is 1. The fraction of sp³-hybridized carbons (Fsp3) is 0.267. The van der Waals surface area contributed by atoms with Gasteiger partial charge >= 0.3 is 0 Å². The van der Waals surface area contributed by atoms with E-state index in [9.17, 15) is 0 Å². The van der Waals surface area contributed by atoms with Crippen LogP contribution >= 0.6 is 11.6 Å². The van der Waals surface area contributed by atoms with Crippen LogP contribution in [0.4, 0.5) is 0 Å². The molecule has 0 aliphatic carbocycles. The van der Waals surface area contributed by atoms with Gasteiger partial charge in [0.15, 0.2) is 5.96 Å². The van der Waals surface area contributed by atoms with E-state index >= 15 is 0 Å². The monoisotopic (exact) mass is 291 g/mol. The Morgan fingerprint density at radius 1 is 1.25 bits per heavy atom. The minimum Gasteiger partial charge on any atom is -0.469 e. The van der Waals surface area contributed by atoms with Crippen molar-refractivity contribution in [1.29, 1.82) is 0 Å². The van der Waals surface area contributed by atoms with E-state index in [0.717, 1.165) is 35.3 Å². The lowest BCUT2D eigenvalue weighted by atomic mass is 10.2. The fourth-order valence-electron chi connectivity index (χ4n) is 1.81. The summed E-state index contributed by atoms with van der Waals surface area (Å²) in [4.78, 5) is 4.18. The number of nitrogens with one attached hydrogen (secondary N) is 2. The molecule has 0 aliphatic rings. The van der Waals surface area contributed by atoms with Crippen LogP contribution in [0.5, 0.6) is 0 Å². The summed E-state index contributed by atoms with van der Waals surface area (Å²) < 4.78 is 5.28. The van der Waals surface area contributed by atoms with Crippen LogP contribution < -0.4 is 10.6 Å². The first-order chi connectivity index (χ1) is 9.78. The van der Waals surface area contributed by atoms with Crippen LogP contribution in [0, 0.1) is 0 Å². The fourth-order valence-corrected chi connectivity index (χ4v) is 2.03. The van der Waals surface area contributed by atoms with E-state index in [4.69, 9.17) is 16.0 Å². The van der Waals surface area contributed by atoms with Crippen LogP contribution in [0.1, 0.15) is 11.3 Å². The van der Waals surface area contributed by atoms with Gasteiger partial charge in [-0.05, 0) is 29.8 Å². The van der Waals surface area contributed by atoms with Crippen molar-refractivity contribution in [3.05, 3.63) is 59.0 Å². The Morgan fingerprint density at radius 3 is 2.85 bits per heavy atom. The van der Waals surface area contributed by atoms with Gasteiger partial charge in [0.1, 0.15) is 5.76 Å². The van der Waals surface area contributed by atoms with Crippen LogP contribution in [0.2, 0.25) is 5.02 Å². The van der Waals surface area contributed by atoms with Gasteiger partial charge in [0.25, 0.3) is 0 Å². The van der Waals surface area contributed by atoms with Gasteiger partial charge in [-0.25, -0.2) is 0 Å². The minimum atomic E-state index is 0.682. The normalized spacial score (nSPS) is 11.4. The van der Waals surface area contributed by atoms with Gasteiger partial charge in [-0.2, -0.15) is 0 Å². The van der Waals surface area contributed by atoms with Crippen LogP contribution in [0.15, 0.2) is 52.1 Å². The van der Waals surface area contributed by atoms with Crippen molar-refractivity contribution in [2.75, 3.05) is 13.6 Å². The quantitative estimate of drug-likeness (QED) is 0.658. The van der Waals surface area contributed by atoms with Gasteiger partial charge in [-0.15, -0.1) is 0 Å². The van der Waals surface area contributed by atoms with Crippen molar-refractivity contribution >= 4 is 17.6 Å². The summed E-state index contributed by atoms with van der Waals surface area (Å²) in [7, 11) is 1.75. The second kappa shape index (κ2) is 7.60. The number of benzene rings is 1. The number of guanidine groups is 1. The third-order valence-electron chi connectivity index (χ3n) is 2.82. The molecule has 20 heavy (non-hydrogen) atoms. The molecule has 0 spiro atoms. The smallest absolute Gasteiger partial charge is 0.191 e. The molecule has 0 bridgehead atoms. The lowest BCUT2D eigenvalue weighted by Crippen LogP contribution is -2.37. The number of nitrogens with zero attached hydrogens (tertiary/aromatic N) is 1. The molecular weight excluding hydrogens is 274 g/mol. The Kier molecular flexibility index (Phi) is 5.50. The molecule has 0 fully saturated rings. The van der Waals surface area contributed by atoms with Crippen molar-refractivity contribution in [1.82, 2.24) is 10.6 Å². The van der Waals surface area contributed by atoms with E-state index in [0.29, 0.717) is 6.54 Å². The highest BCUT2D eigenvalue weighted by molar-refractivity contribution is 6.30. The Bertz CT molecular complexity index is 552. The van der Waals surface area contributed by atoms with Crippen LogP contribution in [0.3, 0.4) is 0 Å². The molecule has 1 heterocycles. The molecule has 2 N–H and O–H groups in total. The summed E-state index contributed by atoms with van der Waals surface area (Å²) >= 11 is 5.95. The first-order valence-corrected chi connectivity index (χ1v) is 6.87. The maximum absolute atomic E-state index is 5.95. The lowest BCUT2D eigenvalue weighted by Gasteiger charge is -2.11. The van der Waals surface area contributed by atoms with E-state index in [1.54, 1.807) is 13.3 Å². The second-order valence-corrected chi connectivity index (χ2v) is 4.75. The zero-order chi connectivity index (χ0) is 14.2. The van der Waals surface area contributed by atoms with Gasteiger partial charge in [-0.3, -0.25) is 4.99 Å². The molecule has 0 saturated carbocycles.